The monoisotopic (exact) mass is 286 g/mol. The average Bonchev–Trinajstić information content (AvgIpc) is 2.97. The standard InChI is InChI=1S/C15H18N4O2/c1-18(13-5-3-4-6-14(13)21-2)15(20)12-9-11-10-16-7-8-19(11)17-12/h3-6,9,16H,7-8,10H2,1-2H3. The maximum Gasteiger partial charge on any atom is 0.278 e. The van der Waals surface area contributed by atoms with Crippen LogP contribution in [-0.4, -0.2) is 36.4 Å². The molecule has 0 saturated heterocycles. The minimum absolute atomic E-state index is 0.138. The van der Waals surface area contributed by atoms with Gasteiger partial charge in [0, 0.05) is 20.1 Å². The third kappa shape index (κ3) is 2.50. The number of rotatable bonds is 3. The first-order chi connectivity index (χ1) is 10.2. The Hall–Kier alpha value is -2.34. The quantitative estimate of drug-likeness (QED) is 0.923. The number of methoxy groups -OCH3 is 1. The number of nitrogens with zero attached hydrogens (tertiary/aromatic N) is 3. The van der Waals surface area contributed by atoms with E-state index in [1.54, 1.807) is 19.1 Å². The lowest BCUT2D eigenvalue weighted by Gasteiger charge is -2.18. The fourth-order valence-corrected chi connectivity index (χ4v) is 2.49. The van der Waals surface area contributed by atoms with Crippen LogP contribution in [0.4, 0.5) is 5.69 Å². The van der Waals surface area contributed by atoms with E-state index >= 15 is 0 Å². The van der Waals surface area contributed by atoms with Gasteiger partial charge in [-0.1, -0.05) is 12.1 Å². The molecule has 0 aliphatic carbocycles. The molecule has 6 nitrogen and oxygen atoms in total. The third-order valence-electron chi connectivity index (χ3n) is 3.64. The Kier molecular flexibility index (Phi) is 3.62. The van der Waals surface area contributed by atoms with Gasteiger partial charge in [-0.05, 0) is 18.2 Å². The van der Waals surface area contributed by atoms with E-state index in [1.165, 1.54) is 0 Å². The van der Waals surface area contributed by atoms with E-state index in [1.807, 2.05) is 35.0 Å². The second-order valence-electron chi connectivity index (χ2n) is 4.96. The van der Waals surface area contributed by atoms with Gasteiger partial charge < -0.3 is 15.0 Å². The molecule has 21 heavy (non-hydrogen) atoms. The van der Waals surface area contributed by atoms with Crippen LogP contribution in [0.15, 0.2) is 30.3 Å². The van der Waals surface area contributed by atoms with E-state index in [2.05, 4.69) is 10.4 Å². The van der Waals surface area contributed by atoms with Crippen LogP contribution in [0, 0.1) is 0 Å². The minimum atomic E-state index is -0.138. The number of ether oxygens (including phenoxy) is 1. The van der Waals surface area contributed by atoms with Crippen LogP contribution >= 0.6 is 0 Å². The summed E-state index contributed by atoms with van der Waals surface area (Å²) in [5.41, 5.74) is 2.23. The zero-order valence-electron chi connectivity index (χ0n) is 12.2. The van der Waals surface area contributed by atoms with Crippen molar-refractivity contribution in [2.45, 2.75) is 13.1 Å². The van der Waals surface area contributed by atoms with E-state index in [0.717, 1.165) is 31.0 Å². The Bertz CT molecular complexity index is 642. The normalized spacial score (nSPS) is 13.6. The summed E-state index contributed by atoms with van der Waals surface area (Å²) in [6, 6.07) is 9.29. The highest BCUT2D eigenvalue weighted by Crippen LogP contribution is 2.27. The number of hydrogen-bond acceptors (Lipinski definition) is 4. The summed E-state index contributed by atoms with van der Waals surface area (Å²) >= 11 is 0. The van der Waals surface area contributed by atoms with Crippen molar-refractivity contribution in [2.24, 2.45) is 0 Å². The van der Waals surface area contributed by atoms with Crippen molar-refractivity contribution in [1.29, 1.82) is 0 Å². The number of fused-ring (bicyclic) bond motifs is 1. The molecule has 1 N–H and O–H groups in total. The molecule has 0 saturated carbocycles. The van der Waals surface area contributed by atoms with Crippen LogP contribution in [0.5, 0.6) is 5.75 Å². The van der Waals surface area contributed by atoms with Gasteiger partial charge in [0.1, 0.15) is 5.75 Å². The molecule has 0 bridgehead atoms. The number of hydrogen-bond donors (Lipinski definition) is 1. The molecule has 0 atom stereocenters. The van der Waals surface area contributed by atoms with Gasteiger partial charge in [0.15, 0.2) is 5.69 Å². The Morgan fingerprint density at radius 3 is 3.00 bits per heavy atom. The van der Waals surface area contributed by atoms with Crippen LogP contribution in [0.3, 0.4) is 0 Å². The molecule has 2 heterocycles. The first kappa shape index (κ1) is 13.6. The second kappa shape index (κ2) is 5.57. The molecule has 1 amide bonds. The molecule has 3 rings (SSSR count). The molecule has 0 unspecified atom stereocenters. The van der Waals surface area contributed by atoms with E-state index in [0.29, 0.717) is 11.4 Å². The third-order valence-corrected chi connectivity index (χ3v) is 3.64. The molecule has 0 radical (unpaired) electrons. The first-order valence-corrected chi connectivity index (χ1v) is 6.89. The number of anilines is 1. The van der Waals surface area contributed by atoms with Crippen LogP contribution in [-0.2, 0) is 13.1 Å². The maximum absolute atomic E-state index is 12.6. The van der Waals surface area contributed by atoms with Gasteiger partial charge in [0.05, 0.1) is 25.0 Å². The molecule has 0 spiro atoms. The number of para-hydroxylation sites is 2. The molecule has 2 aromatic rings. The van der Waals surface area contributed by atoms with Crippen molar-refractivity contribution in [3.05, 3.63) is 41.7 Å². The summed E-state index contributed by atoms with van der Waals surface area (Å²) in [4.78, 5) is 14.2. The lowest BCUT2D eigenvalue weighted by Crippen LogP contribution is -2.29. The Morgan fingerprint density at radius 2 is 2.24 bits per heavy atom. The topological polar surface area (TPSA) is 59.4 Å². The lowest BCUT2D eigenvalue weighted by molar-refractivity contribution is 0.0986. The number of carbonyl (C=O) groups excluding carboxylic acids is 1. The molecule has 1 aliphatic heterocycles. The van der Waals surface area contributed by atoms with Crippen molar-refractivity contribution >= 4 is 11.6 Å². The van der Waals surface area contributed by atoms with Gasteiger partial charge in [-0.2, -0.15) is 5.10 Å². The van der Waals surface area contributed by atoms with E-state index < -0.39 is 0 Å². The molecule has 1 aromatic heterocycles. The van der Waals surface area contributed by atoms with E-state index in [9.17, 15) is 4.79 Å². The molecule has 6 heteroatoms. The molecule has 0 fully saturated rings. The van der Waals surface area contributed by atoms with Gasteiger partial charge in [-0.3, -0.25) is 9.48 Å². The van der Waals surface area contributed by atoms with E-state index in [4.69, 9.17) is 4.74 Å². The number of benzene rings is 1. The van der Waals surface area contributed by atoms with Crippen molar-refractivity contribution < 1.29 is 9.53 Å². The van der Waals surface area contributed by atoms with Gasteiger partial charge in [-0.25, -0.2) is 0 Å². The number of carbonyl (C=O) groups is 1. The van der Waals surface area contributed by atoms with Gasteiger partial charge >= 0.3 is 0 Å². The second-order valence-corrected chi connectivity index (χ2v) is 4.96. The number of amides is 1. The predicted octanol–water partition coefficient (Wildman–Crippen LogP) is 1.27. The Balaban J connectivity index is 1.89. The summed E-state index contributed by atoms with van der Waals surface area (Å²) in [7, 11) is 3.33. The Labute approximate surface area is 123 Å². The maximum atomic E-state index is 12.6. The van der Waals surface area contributed by atoms with Crippen LogP contribution < -0.4 is 15.0 Å². The van der Waals surface area contributed by atoms with Crippen molar-refractivity contribution in [1.82, 2.24) is 15.1 Å². The summed E-state index contributed by atoms with van der Waals surface area (Å²) in [5.74, 6) is 0.528. The SMILES string of the molecule is COc1ccccc1N(C)C(=O)c1cc2n(n1)CCNC2. The van der Waals surface area contributed by atoms with Gasteiger partial charge in [0.2, 0.25) is 0 Å². The van der Waals surface area contributed by atoms with Crippen molar-refractivity contribution in [3.8, 4) is 5.75 Å². The number of aromatic nitrogens is 2. The number of nitrogens with one attached hydrogen (secondary N) is 1. The minimum Gasteiger partial charge on any atom is -0.495 e. The van der Waals surface area contributed by atoms with Crippen molar-refractivity contribution in [2.75, 3.05) is 25.6 Å². The summed E-state index contributed by atoms with van der Waals surface area (Å²) in [6.45, 7) is 2.42. The highest BCUT2D eigenvalue weighted by Gasteiger charge is 2.21. The zero-order chi connectivity index (χ0) is 14.8. The van der Waals surface area contributed by atoms with Gasteiger partial charge in [0.25, 0.3) is 5.91 Å². The highest BCUT2D eigenvalue weighted by molar-refractivity contribution is 6.05. The molecular formula is C15H18N4O2. The summed E-state index contributed by atoms with van der Waals surface area (Å²) in [6.07, 6.45) is 0. The highest BCUT2D eigenvalue weighted by atomic mass is 16.5. The average molecular weight is 286 g/mol. The first-order valence-electron chi connectivity index (χ1n) is 6.89. The van der Waals surface area contributed by atoms with Crippen molar-refractivity contribution in [3.63, 3.8) is 0 Å². The molecular weight excluding hydrogens is 268 g/mol. The summed E-state index contributed by atoms with van der Waals surface area (Å²) in [5, 5.41) is 7.66. The van der Waals surface area contributed by atoms with Crippen LogP contribution in [0.2, 0.25) is 0 Å². The fourth-order valence-electron chi connectivity index (χ4n) is 2.49. The molecule has 110 valence electrons. The fraction of sp³-hybridized carbons (Fsp3) is 0.333. The summed E-state index contributed by atoms with van der Waals surface area (Å²) < 4.78 is 7.19. The van der Waals surface area contributed by atoms with Crippen LogP contribution in [0.25, 0.3) is 0 Å². The zero-order valence-corrected chi connectivity index (χ0v) is 12.2. The molecule has 1 aliphatic rings. The molecule has 1 aromatic carbocycles. The Morgan fingerprint density at radius 1 is 1.43 bits per heavy atom. The predicted molar refractivity (Wildman–Crippen MR) is 79.7 cm³/mol. The largest absolute Gasteiger partial charge is 0.495 e. The van der Waals surface area contributed by atoms with E-state index in [-0.39, 0.29) is 5.91 Å². The lowest BCUT2D eigenvalue weighted by atomic mass is 10.2. The van der Waals surface area contributed by atoms with Crippen LogP contribution in [0.1, 0.15) is 16.2 Å². The smallest absolute Gasteiger partial charge is 0.278 e. The van der Waals surface area contributed by atoms with Gasteiger partial charge in [-0.15, -0.1) is 0 Å².